The third-order valence-electron chi connectivity index (χ3n) is 21.2. The number of hydrogen-bond donors (Lipinski definition) is 0. The summed E-state index contributed by atoms with van der Waals surface area (Å²) in [6.07, 6.45) is 3.71. The number of rotatable bonds is 20. The van der Waals surface area contributed by atoms with Gasteiger partial charge in [0.25, 0.3) is 0 Å². The summed E-state index contributed by atoms with van der Waals surface area (Å²) in [5.41, 5.74) is 31.6. The molecule has 16 rings (SSSR count). The first-order valence-corrected chi connectivity index (χ1v) is 35.6. The number of ether oxygens (including phenoxy) is 2. The van der Waals surface area contributed by atoms with Crippen molar-refractivity contribution in [1.29, 1.82) is 0 Å². The molecule has 0 radical (unpaired) electrons. The first-order chi connectivity index (χ1) is 50.8. The zero-order valence-corrected chi connectivity index (χ0v) is 59.3. The first-order valence-electron chi connectivity index (χ1n) is 35.6. The molecule has 0 heterocycles. The Kier molecular flexibility index (Phi) is 17.4. The fourth-order valence-corrected chi connectivity index (χ4v) is 16.1. The Labute approximate surface area is 610 Å². The molecular weight excluding hydrogens is 1270 g/mol. The van der Waals surface area contributed by atoms with E-state index in [9.17, 15) is 0 Å². The van der Waals surface area contributed by atoms with Crippen molar-refractivity contribution >= 4 is 51.8 Å². The van der Waals surface area contributed by atoms with Crippen LogP contribution >= 0.6 is 0 Å². The molecule has 2 aliphatic carbocycles. The lowest BCUT2D eigenvalue weighted by atomic mass is 9.66. The topological polar surface area (TPSA) is 24.9 Å². The summed E-state index contributed by atoms with van der Waals surface area (Å²) >= 11 is 0. The Morgan fingerprint density at radius 3 is 1.17 bits per heavy atom. The number of allylic oxidation sites excluding steroid dienone is 1. The van der Waals surface area contributed by atoms with Crippen LogP contribution in [0.3, 0.4) is 0 Å². The van der Waals surface area contributed by atoms with Gasteiger partial charge in [-0.2, -0.15) is 0 Å². The highest BCUT2D eigenvalue weighted by Crippen LogP contribution is 2.60. The second-order valence-electron chi connectivity index (χ2n) is 27.8. The van der Waals surface area contributed by atoms with E-state index in [0.717, 1.165) is 107 Å². The first kappa shape index (κ1) is 66.0. The van der Waals surface area contributed by atoms with E-state index < -0.39 is 10.8 Å². The number of nitrogens with zero attached hydrogens (tertiary/aromatic N) is 2. The highest BCUT2D eigenvalue weighted by Gasteiger charge is 2.49. The van der Waals surface area contributed by atoms with Gasteiger partial charge in [-0.05, 0) is 255 Å². The molecule has 0 N–H and O–H groups in total. The molecular formula is C99H79FN2O2. The van der Waals surface area contributed by atoms with Gasteiger partial charge in [0, 0.05) is 34.1 Å². The van der Waals surface area contributed by atoms with E-state index in [4.69, 9.17) is 9.47 Å². The third kappa shape index (κ3) is 11.8. The summed E-state index contributed by atoms with van der Waals surface area (Å²) in [6, 6.07) is 113. The van der Waals surface area contributed by atoms with Crippen LogP contribution in [0.5, 0.6) is 11.5 Å². The minimum atomic E-state index is -0.731. The largest absolute Gasteiger partial charge is 0.489 e. The maximum absolute atomic E-state index is 15.8. The summed E-state index contributed by atoms with van der Waals surface area (Å²) in [5.74, 6) is 1.27. The zero-order chi connectivity index (χ0) is 71.2. The third-order valence-corrected chi connectivity index (χ3v) is 21.2. The second-order valence-corrected chi connectivity index (χ2v) is 27.8. The van der Waals surface area contributed by atoms with Crippen molar-refractivity contribution in [2.45, 2.75) is 58.7 Å². The predicted octanol–water partition coefficient (Wildman–Crippen LogP) is 25.9. The lowest BCUT2D eigenvalue weighted by molar-refractivity contribution is 0.306. The monoisotopic (exact) mass is 1350 g/mol. The van der Waals surface area contributed by atoms with Crippen molar-refractivity contribution in [1.82, 2.24) is 0 Å². The van der Waals surface area contributed by atoms with E-state index in [1.54, 1.807) is 12.1 Å². The molecule has 0 aliphatic heterocycles. The van der Waals surface area contributed by atoms with Crippen LogP contribution in [0, 0.1) is 33.5 Å². The van der Waals surface area contributed by atoms with Crippen LogP contribution in [-0.2, 0) is 24.0 Å². The standard InChI is InChI=1S/C99H79FN2O2/c1-9-70-29-33-72(34-30-70)63-103-86-51-41-77(42-52-86)98(94-57-66(5)25-27-68(94)7)92-23-13-11-21-88(92)90-55-49-84(61-96(90)98)101(82-19-15-17-76(59-82)65(3)4)80-45-37-74(38-46-80)75-39-47-81(48-40-75)102(83-20-16-18-79(100)60-83)85-50-56-91-89-22-12-14-24-93(89)99(97(91)62-85,95-58-67(6)26-28-69(95)8)78-43-53-87(54-44-78)104-64-73-35-31-71(10-2)32-36-73/h9-62H,1-3,63-64H2,4-8H3. The van der Waals surface area contributed by atoms with Crippen LogP contribution in [-0.4, -0.2) is 0 Å². The molecule has 0 spiro atoms. The Hall–Kier alpha value is -12.6. The van der Waals surface area contributed by atoms with E-state index in [1.165, 1.54) is 72.8 Å². The van der Waals surface area contributed by atoms with Crippen LogP contribution in [0.1, 0.15) is 102 Å². The molecule has 0 aromatic heterocycles. The van der Waals surface area contributed by atoms with Gasteiger partial charge in [0.15, 0.2) is 0 Å². The summed E-state index contributed by atoms with van der Waals surface area (Å²) in [6.45, 7) is 24.0. The normalized spacial score (nSPS) is 14.5. The molecule has 504 valence electrons. The van der Waals surface area contributed by atoms with Crippen LogP contribution in [0.25, 0.3) is 51.1 Å². The lowest BCUT2D eigenvalue weighted by Gasteiger charge is -2.36. The van der Waals surface area contributed by atoms with Gasteiger partial charge in [-0.1, -0.05) is 261 Å². The van der Waals surface area contributed by atoms with Gasteiger partial charge in [-0.15, -0.1) is 0 Å². The molecule has 104 heavy (non-hydrogen) atoms. The fraction of sp³-hybridized carbons (Fsp3) is 0.0909. The minimum Gasteiger partial charge on any atom is -0.489 e. The van der Waals surface area contributed by atoms with Crippen molar-refractivity contribution in [2.24, 2.45) is 0 Å². The van der Waals surface area contributed by atoms with Crippen molar-refractivity contribution in [3.8, 4) is 44.9 Å². The Bertz CT molecular complexity index is 5620. The highest BCUT2D eigenvalue weighted by molar-refractivity contribution is 5.93. The molecule has 0 amide bonds. The molecule has 0 bridgehead atoms. The molecule has 14 aromatic carbocycles. The molecule has 14 aromatic rings. The quantitative estimate of drug-likeness (QED) is 0.0759. The Balaban J connectivity index is 0.771. The number of hydrogen-bond acceptors (Lipinski definition) is 4. The SMILES string of the molecule is C=Cc1ccc(COc2ccc(C3(c4cc(C)ccc4C)c4ccccc4-c4ccc(N(c5ccc(-c6ccc(N(c7cccc(C(=C)C)c7)c7ccc8c(c7)C(c7ccc(OCc9ccc(C=C)cc9)cc7)(c7cc(C)ccc7C)c7ccccc7-8)cc6)cc5)c5cccc(F)c5)cc43)cc2)cc1. The summed E-state index contributed by atoms with van der Waals surface area (Å²) in [7, 11) is 0. The molecule has 0 saturated carbocycles. The Morgan fingerprint density at radius 2 is 0.750 bits per heavy atom. The molecule has 2 unspecified atom stereocenters. The molecule has 0 saturated heterocycles. The van der Waals surface area contributed by atoms with Crippen molar-refractivity contribution in [3.05, 3.63) is 436 Å². The van der Waals surface area contributed by atoms with Crippen LogP contribution in [0.2, 0.25) is 0 Å². The lowest BCUT2D eigenvalue weighted by Crippen LogP contribution is -2.30. The van der Waals surface area contributed by atoms with E-state index in [2.05, 4.69) is 355 Å². The van der Waals surface area contributed by atoms with E-state index in [0.29, 0.717) is 18.9 Å². The minimum absolute atomic E-state index is 0.316. The second kappa shape index (κ2) is 27.4. The highest BCUT2D eigenvalue weighted by atomic mass is 19.1. The van der Waals surface area contributed by atoms with E-state index in [-0.39, 0.29) is 5.82 Å². The maximum Gasteiger partial charge on any atom is 0.125 e. The number of aryl methyl sites for hydroxylation is 4. The summed E-state index contributed by atoms with van der Waals surface area (Å²) < 4.78 is 28.8. The number of fused-ring (bicyclic) bond motifs is 6. The average molecular weight is 1350 g/mol. The fourth-order valence-electron chi connectivity index (χ4n) is 16.1. The van der Waals surface area contributed by atoms with Crippen molar-refractivity contribution < 1.29 is 13.9 Å². The van der Waals surface area contributed by atoms with Crippen LogP contribution < -0.4 is 19.3 Å². The van der Waals surface area contributed by atoms with E-state index >= 15 is 4.39 Å². The van der Waals surface area contributed by atoms with Crippen LogP contribution in [0.15, 0.2) is 335 Å². The number of anilines is 6. The van der Waals surface area contributed by atoms with Gasteiger partial charge in [0.05, 0.1) is 10.8 Å². The summed E-state index contributed by atoms with van der Waals surface area (Å²) in [5, 5.41) is 0. The van der Waals surface area contributed by atoms with Crippen molar-refractivity contribution in [2.75, 3.05) is 9.80 Å². The van der Waals surface area contributed by atoms with Gasteiger partial charge in [0.2, 0.25) is 0 Å². The number of benzene rings is 14. The Morgan fingerprint density at radius 1 is 0.356 bits per heavy atom. The molecule has 0 fully saturated rings. The molecule has 2 aliphatic rings. The maximum atomic E-state index is 15.8. The van der Waals surface area contributed by atoms with Gasteiger partial charge in [-0.3, -0.25) is 0 Å². The van der Waals surface area contributed by atoms with Gasteiger partial charge < -0.3 is 19.3 Å². The number of halogens is 1. The molecule has 5 heteroatoms. The zero-order valence-electron chi connectivity index (χ0n) is 59.3. The summed E-state index contributed by atoms with van der Waals surface area (Å²) in [4.78, 5) is 4.56. The molecule has 4 nitrogen and oxygen atoms in total. The smallest absolute Gasteiger partial charge is 0.125 e. The van der Waals surface area contributed by atoms with Gasteiger partial charge in [-0.25, -0.2) is 4.39 Å². The average Bonchev–Trinajstić information content (AvgIpc) is 1.53. The predicted molar refractivity (Wildman–Crippen MR) is 431 cm³/mol. The van der Waals surface area contributed by atoms with Crippen molar-refractivity contribution in [3.63, 3.8) is 0 Å². The van der Waals surface area contributed by atoms with Gasteiger partial charge in [0.1, 0.15) is 30.5 Å². The van der Waals surface area contributed by atoms with Gasteiger partial charge >= 0.3 is 0 Å². The molecule has 2 atom stereocenters. The van der Waals surface area contributed by atoms with E-state index in [1.807, 2.05) is 18.2 Å². The van der Waals surface area contributed by atoms with Crippen LogP contribution in [0.4, 0.5) is 38.5 Å².